The van der Waals surface area contributed by atoms with E-state index in [2.05, 4.69) is 430 Å². The molecule has 0 radical (unpaired) electrons. The van der Waals surface area contributed by atoms with Crippen LogP contribution >= 0.6 is 38.2 Å². The predicted octanol–water partition coefficient (Wildman–Crippen LogP) is 19.2. The molecule has 12 heteroatoms. The average Bonchev–Trinajstić information content (AvgIpc) is 0.722. The Morgan fingerprint density at radius 3 is 0.710 bits per heavy atom. The van der Waals surface area contributed by atoms with E-state index in [4.69, 9.17) is 23.2 Å². The number of ether oxygens (including phenoxy) is 1. The number of hydrogen-bond donors (Lipinski definition) is 0. The zero-order chi connectivity index (χ0) is 75.5. The molecule has 0 N–H and O–H groups in total. The van der Waals surface area contributed by atoms with E-state index in [-0.39, 0.29) is 17.4 Å². The fraction of sp³-hybridized carbons (Fsp3) is 0.147. The number of nitrogens with zero attached hydrogens (tertiary/aromatic N) is 1. The van der Waals surface area contributed by atoms with Gasteiger partial charge in [-0.2, -0.15) is 0 Å². The molecule has 0 unspecified atom stereocenters. The normalized spacial score (nSPS) is 10.6. The van der Waals surface area contributed by atoms with E-state index < -0.39 is 44.4 Å². The minimum absolute atomic E-state index is 0. The minimum Gasteiger partial charge on any atom is -0.121 e. The fourth-order valence-electron chi connectivity index (χ4n) is 13.5. The number of unbranched alkanes of at least 4 members (excludes halogenated alkanes) is 2. The van der Waals surface area contributed by atoms with Gasteiger partial charge in [-0.05, 0) is 95.9 Å². The molecule has 13 rings (SSSR count). The summed E-state index contributed by atoms with van der Waals surface area (Å²) >= 11 is 0. The fourth-order valence-corrected chi connectivity index (χ4v) is 32.4. The van der Waals surface area contributed by atoms with Crippen molar-refractivity contribution >= 4 is 113 Å². The van der Waals surface area contributed by atoms with Crippen molar-refractivity contribution in [2.75, 3.05) is 31.4 Å². The maximum Gasteiger partial charge on any atom is 0.228 e. The van der Waals surface area contributed by atoms with Crippen molar-refractivity contribution in [3.63, 3.8) is 0 Å². The third-order valence-corrected chi connectivity index (χ3v) is 35.3. The zero-order valence-corrected chi connectivity index (χ0v) is 68.1. The summed E-state index contributed by atoms with van der Waals surface area (Å²) in [5.74, 6) is 0. The van der Waals surface area contributed by atoms with Gasteiger partial charge < -0.3 is 4.74 Å². The van der Waals surface area contributed by atoms with Crippen molar-refractivity contribution in [3.05, 3.63) is 413 Å². The first-order valence-corrected chi connectivity index (χ1v) is 44.3. The van der Waals surface area contributed by atoms with Gasteiger partial charge >= 0.3 is 33.9 Å². The topological polar surface area (TPSA) is 81.3 Å². The van der Waals surface area contributed by atoms with Crippen LogP contribution in [0.3, 0.4) is 0 Å². The Hall–Kier alpha value is -8.41. The standard InChI is InChI=1S/C47H45BP3.C36H30NP2.C5H12.C4H10O.3CO.Cr/c1-39-33-40(2)35-41(34-39)48(36-49(42-21-9-3-10-22-42)43-23-11-4-12-24-43,37-50(44-25-13-5-14-26-44)45-27-15-6-16-28-45)38-51(46-29-17-7-18-30-46)47-31-19-8-20-32-47;1-7-19-31(20-8-1)38(32-21-9-2-10-22-32,33-23-11-3-12-24-33)37-39(34-25-13-4-14-26-34,35-27-15-5-16-28-35)36-29-17-6-18-30-36;2*1-3-5-4-2;3*1-2;/h3-35H,36-38H2,1-2H3;1-30H;3-5H2,1-2H3;3-4H2,1-2H3;;;;/q-1;+1;;;;;;. The first-order valence-electron chi connectivity index (χ1n) is 36.2. The second kappa shape index (κ2) is 48.8. The van der Waals surface area contributed by atoms with E-state index in [1.807, 2.05) is 13.8 Å². The van der Waals surface area contributed by atoms with E-state index in [1.54, 1.807) is 5.46 Å². The van der Waals surface area contributed by atoms with Crippen molar-refractivity contribution in [3.8, 4) is 0 Å². The van der Waals surface area contributed by atoms with Gasteiger partial charge in [-0.15, -0.1) is 22.7 Å². The second-order valence-electron chi connectivity index (χ2n) is 25.3. The van der Waals surface area contributed by atoms with Gasteiger partial charge in [0.05, 0.1) is 0 Å². The molecule has 107 heavy (non-hydrogen) atoms. The minimum atomic E-state index is -2.50. The van der Waals surface area contributed by atoms with Gasteiger partial charge in [-0.3, -0.25) is 0 Å². The summed E-state index contributed by atoms with van der Waals surface area (Å²) in [4.78, 5) is 0. The van der Waals surface area contributed by atoms with Crippen molar-refractivity contribution < 1.29 is 36.1 Å². The Labute approximate surface area is 654 Å². The first-order chi connectivity index (χ1) is 52.2. The van der Waals surface area contributed by atoms with Crippen molar-refractivity contribution in [2.45, 2.75) is 60.8 Å². The van der Waals surface area contributed by atoms with E-state index >= 15 is 0 Å². The molecule has 13 aromatic carbocycles. The van der Waals surface area contributed by atoms with E-state index in [9.17, 15) is 0 Å². The van der Waals surface area contributed by atoms with Crippen molar-refractivity contribution in [1.82, 2.24) is 0 Å². The molecule has 0 aliphatic rings. The van der Waals surface area contributed by atoms with Gasteiger partial charge in [-0.25, -0.2) is 5.46 Å². The summed E-state index contributed by atoms with van der Waals surface area (Å²) in [6.45, 7) is 28.2. The molecule has 0 atom stereocenters. The Kier molecular flexibility index (Phi) is 39.9. The third-order valence-electron chi connectivity index (χ3n) is 18.1. The van der Waals surface area contributed by atoms with Gasteiger partial charge in [0.2, 0.25) is 7.41 Å². The predicted molar refractivity (Wildman–Crippen MR) is 465 cm³/mol. The van der Waals surface area contributed by atoms with Crippen LogP contribution in [0.15, 0.2) is 387 Å². The molecular weight excluding hydrogens is 1440 g/mol. The van der Waals surface area contributed by atoms with Gasteiger partial charge in [0, 0.05) is 52.6 Å². The van der Waals surface area contributed by atoms with Crippen molar-refractivity contribution in [1.29, 1.82) is 0 Å². The molecule has 0 saturated carbocycles. The molecule has 13 aromatic rings. The number of aryl methyl sites for hydroxylation is 2. The number of hydrogen-bond acceptors (Lipinski definition) is 2. The van der Waals surface area contributed by atoms with Crippen LogP contribution < -0.4 is 69.1 Å². The molecule has 0 aliphatic carbocycles. The van der Waals surface area contributed by atoms with Gasteiger partial charge in [0.1, 0.15) is 23.0 Å². The molecule has 0 saturated heterocycles. The van der Waals surface area contributed by atoms with Crippen LogP contribution in [-0.4, -0.2) is 37.5 Å². The molecule has 0 heterocycles. The average molecular weight is 1530 g/mol. The summed E-state index contributed by atoms with van der Waals surface area (Å²) in [5, 5.41) is 16.3. The molecule has 0 aromatic heterocycles. The maximum absolute atomic E-state index is 7.50. The molecule has 0 spiro atoms. The summed E-state index contributed by atoms with van der Waals surface area (Å²) in [6, 6.07) is 145. The summed E-state index contributed by atoms with van der Waals surface area (Å²) < 4.78 is 33.7. The SMILES string of the molecule is CCCCC.CCOCC.Cc1cc(C)cc([B-](CP(c2ccccc2)c2ccccc2)(CP(c2ccccc2)c2ccccc2)CP(c2ccccc2)c2ccccc2)c1.[C-]#[O+].[C-]#[O+].[C-]#[O+].[Cr].c1ccc(P(=N[P+](c2ccccc2)(c2ccccc2)c2ccccc2)(c2ccccc2)c2ccccc2)cc1. The Morgan fingerprint density at radius 1 is 0.318 bits per heavy atom. The number of rotatable bonds is 24. The van der Waals surface area contributed by atoms with Crippen LogP contribution in [0.5, 0.6) is 0 Å². The molecule has 5 nitrogen and oxygen atoms in total. The quantitative estimate of drug-likeness (QED) is 0.0257. The van der Waals surface area contributed by atoms with Crippen LogP contribution in [0.25, 0.3) is 0 Å². The van der Waals surface area contributed by atoms with Gasteiger partial charge in [-0.1, -0.05) is 414 Å². The van der Waals surface area contributed by atoms with Gasteiger partial charge in [0.25, 0.3) is 0 Å². The third kappa shape index (κ3) is 24.5. The first kappa shape index (κ1) is 87.5. The van der Waals surface area contributed by atoms with E-state index in [0.717, 1.165) is 31.4 Å². The largest absolute Gasteiger partial charge is 0.228 e. The molecule has 0 amide bonds. The van der Waals surface area contributed by atoms with Gasteiger partial charge in [0.15, 0.2) is 0 Å². The van der Waals surface area contributed by atoms with Crippen LogP contribution in [0.4, 0.5) is 0 Å². The Bertz CT molecular complexity index is 4070. The van der Waals surface area contributed by atoms with Crippen LogP contribution in [0.1, 0.15) is 58.1 Å². The molecule has 540 valence electrons. The van der Waals surface area contributed by atoms with Crippen LogP contribution in [0, 0.1) is 33.8 Å². The molecule has 0 aliphatic heterocycles. The maximum atomic E-state index is 7.50. The summed E-state index contributed by atoms with van der Waals surface area (Å²) in [7, 11) is -7.00. The van der Waals surface area contributed by atoms with Crippen LogP contribution in [-0.2, 0) is 36.1 Å². The van der Waals surface area contributed by atoms with E-state index in [1.165, 1.54) is 94.0 Å². The Balaban J connectivity index is 0.000000284. The zero-order valence-electron chi connectivity index (χ0n) is 62.3. The van der Waals surface area contributed by atoms with E-state index in [0.29, 0.717) is 0 Å². The molecule has 0 fully saturated rings. The summed E-state index contributed by atoms with van der Waals surface area (Å²) in [6.07, 6.45) is 2.90. The van der Waals surface area contributed by atoms with Crippen molar-refractivity contribution in [2.24, 2.45) is 4.52 Å². The van der Waals surface area contributed by atoms with Crippen LogP contribution in [0.2, 0.25) is 0 Å². The monoisotopic (exact) mass is 1530 g/mol. The molecule has 0 bridgehead atoms. The molecular formula is C95H97BCrNO4P5. The smallest absolute Gasteiger partial charge is 0.121 e. The Morgan fingerprint density at radius 2 is 0.523 bits per heavy atom. The summed E-state index contributed by atoms with van der Waals surface area (Å²) in [5.41, 5.74) is 4.26. The second-order valence-corrected chi connectivity index (χ2v) is 38.4. The number of benzene rings is 13.